The van der Waals surface area contributed by atoms with Gasteiger partial charge in [0.15, 0.2) is 0 Å². The molecule has 1 aliphatic carbocycles. The number of nitrogens with zero attached hydrogens (tertiary/aromatic N) is 1. The Kier molecular flexibility index (Phi) is 5.33. The van der Waals surface area contributed by atoms with E-state index in [1.54, 1.807) is 25.1 Å². The SMILES string of the molecule is Cc1c(F)cc(C(=O)NC2CC2)cc1C1=CC=C(C(N)=O)CN1CC(C)(C)C. The van der Waals surface area contributed by atoms with Gasteiger partial charge in [0.05, 0.1) is 0 Å². The summed E-state index contributed by atoms with van der Waals surface area (Å²) in [6, 6.07) is 3.23. The lowest BCUT2D eigenvalue weighted by molar-refractivity contribution is -0.114. The van der Waals surface area contributed by atoms with Gasteiger partial charge < -0.3 is 16.0 Å². The predicted molar refractivity (Wildman–Crippen MR) is 108 cm³/mol. The highest BCUT2D eigenvalue weighted by Gasteiger charge is 2.28. The van der Waals surface area contributed by atoms with Gasteiger partial charge in [-0.15, -0.1) is 0 Å². The van der Waals surface area contributed by atoms with Gasteiger partial charge in [0.25, 0.3) is 5.91 Å². The predicted octanol–water partition coefficient (Wildman–Crippen LogP) is 3.14. The molecule has 6 heteroatoms. The van der Waals surface area contributed by atoms with E-state index in [1.807, 2.05) is 4.90 Å². The van der Waals surface area contributed by atoms with Gasteiger partial charge in [-0.05, 0) is 55.0 Å². The molecule has 2 amide bonds. The Morgan fingerprint density at radius 2 is 1.93 bits per heavy atom. The Bertz CT molecular complexity index is 877. The van der Waals surface area contributed by atoms with Crippen molar-refractivity contribution in [1.82, 2.24) is 10.2 Å². The second-order valence-corrected chi connectivity index (χ2v) is 8.90. The molecule has 1 heterocycles. The number of nitrogens with one attached hydrogen (secondary N) is 1. The maximum atomic E-state index is 14.7. The van der Waals surface area contributed by atoms with Crippen LogP contribution in [0.15, 0.2) is 29.9 Å². The number of amides is 2. The van der Waals surface area contributed by atoms with Crippen molar-refractivity contribution < 1.29 is 14.0 Å². The third-order valence-corrected chi connectivity index (χ3v) is 4.92. The molecular formula is C22H28FN3O2. The summed E-state index contributed by atoms with van der Waals surface area (Å²) in [4.78, 5) is 26.2. The molecule has 0 bridgehead atoms. The first kappa shape index (κ1) is 20.1. The van der Waals surface area contributed by atoms with Gasteiger partial charge in [-0.25, -0.2) is 4.39 Å². The molecule has 3 N–H and O–H groups in total. The second-order valence-electron chi connectivity index (χ2n) is 8.90. The first-order valence-corrected chi connectivity index (χ1v) is 9.62. The van der Waals surface area contributed by atoms with Crippen LogP contribution in [0.3, 0.4) is 0 Å². The van der Waals surface area contributed by atoms with Crippen molar-refractivity contribution in [1.29, 1.82) is 0 Å². The number of primary amides is 1. The second kappa shape index (κ2) is 7.41. The highest BCUT2D eigenvalue weighted by atomic mass is 19.1. The number of hydrogen-bond acceptors (Lipinski definition) is 3. The summed E-state index contributed by atoms with van der Waals surface area (Å²) in [5.74, 6) is -1.13. The maximum absolute atomic E-state index is 14.7. The van der Waals surface area contributed by atoms with Crippen molar-refractivity contribution in [3.63, 3.8) is 0 Å². The quantitative estimate of drug-likeness (QED) is 0.818. The van der Waals surface area contributed by atoms with Crippen LogP contribution < -0.4 is 11.1 Å². The zero-order valence-corrected chi connectivity index (χ0v) is 16.9. The van der Waals surface area contributed by atoms with E-state index < -0.39 is 11.7 Å². The van der Waals surface area contributed by atoms with Crippen LogP contribution in [0.1, 0.15) is 55.1 Å². The van der Waals surface area contributed by atoms with Crippen LogP contribution in [0.2, 0.25) is 0 Å². The van der Waals surface area contributed by atoms with Crippen LogP contribution in [0.5, 0.6) is 0 Å². The Balaban J connectivity index is 2.03. The monoisotopic (exact) mass is 385 g/mol. The standard InChI is InChI=1S/C22H28FN3O2/c1-13-17(9-15(10-18(13)23)21(28)25-16-6-7-16)19-8-5-14(20(24)27)11-26(19)12-22(2,3)4/h5,8-10,16H,6-7,11-12H2,1-4H3,(H2,24,27)(H,25,28). The fraction of sp³-hybridized carbons (Fsp3) is 0.455. The molecule has 0 atom stereocenters. The zero-order valence-electron chi connectivity index (χ0n) is 16.9. The molecular weight excluding hydrogens is 357 g/mol. The fourth-order valence-corrected chi connectivity index (χ4v) is 3.33. The Labute approximate surface area is 165 Å². The van der Waals surface area contributed by atoms with Crippen molar-refractivity contribution >= 4 is 17.5 Å². The molecule has 0 saturated heterocycles. The third-order valence-electron chi connectivity index (χ3n) is 4.92. The highest BCUT2D eigenvalue weighted by Crippen LogP contribution is 2.32. The summed E-state index contributed by atoms with van der Waals surface area (Å²) in [6.45, 7) is 9.01. The molecule has 0 spiro atoms. The minimum Gasteiger partial charge on any atom is -0.366 e. The van der Waals surface area contributed by atoms with Crippen molar-refractivity contribution in [2.75, 3.05) is 13.1 Å². The van der Waals surface area contributed by atoms with Crippen molar-refractivity contribution in [2.45, 2.75) is 46.6 Å². The van der Waals surface area contributed by atoms with E-state index in [0.717, 1.165) is 18.5 Å². The molecule has 28 heavy (non-hydrogen) atoms. The summed E-state index contributed by atoms with van der Waals surface area (Å²) >= 11 is 0. The maximum Gasteiger partial charge on any atom is 0.251 e. The van der Waals surface area contributed by atoms with Gasteiger partial charge in [-0.1, -0.05) is 20.8 Å². The Morgan fingerprint density at radius 1 is 1.25 bits per heavy atom. The highest BCUT2D eigenvalue weighted by molar-refractivity contribution is 5.96. The normalized spacial score (nSPS) is 17.1. The van der Waals surface area contributed by atoms with E-state index in [2.05, 4.69) is 26.1 Å². The van der Waals surface area contributed by atoms with Crippen LogP contribution in [-0.4, -0.2) is 35.8 Å². The summed E-state index contributed by atoms with van der Waals surface area (Å²) in [5.41, 5.74) is 8.16. The van der Waals surface area contributed by atoms with Crippen molar-refractivity contribution in [3.05, 3.63) is 52.4 Å². The molecule has 1 aliphatic heterocycles. The molecule has 0 aromatic heterocycles. The number of carbonyl (C=O) groups is 2. The van der Waals surface area contributed by atoms with E-state index in [4.69, 9.17) is 5.73 Å². The largest absolute Gasteiger partial charge is 0.366 e. The van der Waals surface area contributed by atoms with Crippen LogP contribution in [0.4, 0.5) is 4.39 Å². The minimum absolute atomic E-state index is 0.0490. The summed E-state index contributed by atoms with van der Waals surface area (Å²) in [7, 11) is 0. The lowest BCUT2D eigenvalue weighted by Crippen LogP contribution is -2.37. The average molecular weight is 385 g/mol. The number of allylic oxidation sites excluding steroid dienone is 2. The van der Waals surface area contributed by atoms with E-state index in [9.17, 15) is 14.0 Å². The van der Waals surface area contributed by atoms with E-state index in [0.29, 0.717) is 35.4 Å². The van der Waals surface area contributed by atoms with Crippen LogP contribution in [-0.2, 0) is 4.79 Å². The van der Waals surface area contributed by atoms with Crippen LogP contribution in [0, 0.1) is 18.2 Å². The Morgan fingerprint density at radius 3 is 2.50 bits per heavy atom. The summed E-state index contributed by atoms with van der Waals surface area (Å²) in [5, 5.41) is 2.91. The Hall–Kier alpha value is -2.63. The molecule has 5 nitrogen and oxygen atoms in total. The fourth-order valence-electron chi connectivity index (χ4n) is 3.33. The zero-order chi connectivity index (χ0) is 20.6. The number of carbonyl (C=O) groups excluding carboxylic acids is 2. The lowest BCUT2D eigenvalue weighted by Gasteiger charge is -2.36. The van der Waals surface area contributed by atoms with E-state index in [1.165, 1.54) is 6.07 Å². The number of halogens is 1. The number of benzene rings is 1. The molecule has 2 aliphatic rings. The topological polar surface area (TPSA) is 75.4 Å². The lowest BCUT2D eigenvalue weighted by atomic mass is 9.92. The molecule has 150 valence electrons. The van der Waals surface area contributed by atoms with Gasteiger partial charge in [-0.3, -0.25) is 9.59 Å². The molecule has 1 aromatic carbocycles. The minimum atomic E-state index is -0.463. The van der Waals surface area contributed by atoms with E-state index in [-0.39, 0.29) is 17.4 Å². The van der Waals surface area contributed by atoms with Gasteiger partial charge in [-0.2, -0.15) is 0 Å². The van der Waals surface area contributed by atoms with Gasteiger partial charge in [0, 0.05) is 41.5 Å². The van der Waals surface area contributed by atoms with Gasteiger partial charge in [0.2, 0.25) is 5.91 Å². The third kappa shape index (κ3) is 4.61. The smallest absolute Gasteiger partial charge is 0.251 e. The van der Waals surface area contributed by atoms with Gasteiger partial charge in [0.1, 0.15) is 5.82 Å². The van der Waals surface area contributed by atoms with Crippen molar-refractivity contribution in [3.8, 4) is 0 Å². The number of nitrogens with two attached hydrogens (primary N) is 1. The molecule has 1 fully saturated rings. The first-order chi connectivity index (χ1) is 13.0. The molecule has 0 unspecified atom stereocenters. The first-order valence-electron chi connectivity index (χ1n) is 9.62. The number of rotatable bonds is 5. The molecule has 0 radical (unpaired) electrons. The average Bonchev–Trinajstić information content (AvgIpc) is 3.39. The van der Waals surface area contributed by atoms with E-state index >= 15 is 0 Å². The van der Waals surface area contributed by atoms with Crippen LogP contribution >= 0.6 is 0 Å². The van der Waals surface area contributed by atoms with Crippen LogP contribution in [0.25, 0.3) is 5.70 Å². The summed E-state index contributed by atoms with van der Waals surface area (Å²) in [6.07, 6.45) is 5.42. The molecule has 1 saturated carbocycles. The van der Waals surface area contributed by atoms with Crippen molar-refractivity contribution in [2.24, 2.45) is 11.1 Å². The van der Waals surface area contributed by atoms with Gasteiger partial charge >= 0.3 is 0 Å². The molecule has 3 rings (SSSR count). The summed E-state index contributed by atoms with van der Waals surface area (Å²) < 4.78 is 14.7. The molecule has 1 aromatic rings. The number of hydrogen-bond donors (Lipinski definition) is 2.